The molecular formula is C36H44N3O7P. The summed E-state index contributed by atoms with van der Waals surface area (Å²) in [5, 5.41) is 0. The summed E-state index contributed by atoms with van der Waals surface area (Å²) in [6, 6.07) is 27.3. The molecule has 4 atom stereocenters. The van der Waals surface area contributed by atoms with E-state index in [0.717, 1.165) is 16.7 Å². The summed E-state index contributed by atoms with van der Waals surface area (Å²) in [7, 11) is 2.18. The molecule has 11 heteroatoms. The fraction of sp³-hybridized carbons (Fsp3) is 0.389. The lowest BCUT2D eigenvalue weighted by Crippen LogP contribution is -2.41. The minimum atomic E-state index is -1.18. The van der Waals surface area contributed by atoms with Crippen LogP contribution in [-0.2, 0) is 19.6 Å². The molecular weight excluding hydrogens is 617 g/mol. The van der Waals surface area contributed by atoms with Crippen molar-refractivity contribution in [1.29, 1.82) is 0 Å². The van der Waals surface area contributed by atoms with Gasteiger partial charge in [-0.2, -0.15) is 0 Å². The summed E-state index contributed by atoms with van der Waals surface area (Å²) in [5.41, 5.74) is 0.327. The number of aromatic nitrogens is 2. The molecule has 0 aliphatic carbocycles. The van der Waals surface area contributed by atoms with Gasteiger partial charge in [0.15, 0.2) is 6.29 Å². The predicted octanol–water partition coefficient (Wildman–Crippen LogP) is 6.25. The third kappa shape index (κ3) is 7.37. The van der Waals surface area contributed by atoms with Gasteiger partial charge in [0, 0.05) is 30.8 Å². The van der Waals surface area contributed by atoms with E-state index in [9.17, 15) is 9.59 Å². The quantitative estimate of drug-likeness (QED) is 0.132. The van der Waals surface area contributed by atoms with Crippen molar-refractivity contribution in [2.24, 2.45) is 0 Å². The van der Waals surface area contributed by atoms with Gasteiger partial charge in [0.25, 0.3) is 5.56 Å². The summed E-state index contributed by atoms with van der Waals surface area (Å²) < 4.78 is 35.5. The average molecular weight is 662 g/mol. The van der Waals surface area contributed by atoms with E-state index in [4.69, 9.17) is 23.5 Å². The van der Waals surface area contributed by atoms with Crippen molar-refractivity contribution in [1.82, 2.24) is 14.2 Å². The van der Waals surface area contributed by atoms with Crippen LogP contribution in [0.2, 0.25) is 0 Å². The summed E-state index contributed by atoms with van der Waals surface area (Å²) >= 11 is 0. The van der Waals surface area contributed by atoms with Crippen molar-refractivity contribution in [2.75, 3.05) is 20.9 Å². The molecule has 0 saturated carbocycles. The zero-order valence-corrected chi connectivity index (χ0v) is 28.8. The van der Waals surface area contributed by atoms with Crippen LogP contribution in [0.5, 0.6) is 11.5 Å². The van der Waals surface area contributed by atoms with Crippen LogP contribution in [0, 0.1) is 0 Å². The lowest BCUT2D eigenvalue weighted by Gasteiger charge is -2.40. The number of nitrogens with one attached hydrogen (secondary N) is 1. The first-order chi connectivity index (χ1) is 22.6. The van der Waals surface area contributed by atoms with Crippen LogP contribution in [-0.4, -0.2) is 59.6 Å². The summed E-state index contributed by atoms with van der Waals surface area (Å²) in [6.45, 7) is 10.7. The van der Waals surface area contributed by atoms with Crippen LogP contribution in [0.3, 0.4) is 0 Å². The fourth-order valence-corrected chi connectivity index (χ4v) is 8.32. The van der Waals surface area contributed by atoms with Crippen molar-refractivity contribution in [3.63, 3.8) is 0 Å². The number of hydrogen-bond donors (Lipinski definition) is 1. The van der Waals surface area contributed by atoms with Gasteiger partial charge in [-0.3, -0.25) is 19.0 Å². The highest BCUT2D eigenvalue weighted by atomic mass is 31.2. The zero-order valence-electron chi connectivity index (χ0n) is 28.0. The molecule has 250 valence electrons. The zero-order chi connectivity index (χ0) is 33.7. The number of H-pyrrole nitrogens is 1. The normalized spacial score (nSPS) is 19.0. The third-order valence-electron chi connectivity index (χ3n) is 8.33. The molecule has 1 saturated heterocycles. The van der Waals surface area contributed by atoms with E-state index in [1.807, 2.05) is 78.9 Å². The van der Waals surface area contributed by atoms with Crippen molar-refractivity contribution < 1.29 is 23.5 Å². The molecule has 47 heavy (non-hydrogen) atoms. The molecule has 1 fully saturated rings. The summed E-state index contributed by atoms with van der Waals surface area (Å²) in [4.78, 5) is 27.2. The van der Waals surface area contributed by atoms with Gasteiger partial charge >= 0.3 is 5.69 Å². The lowest BCUT2D eigenvalue weighted by atomic mass is 9.80. The van der Waals surface area contributed by atoms with E-state index < -0.39 is 43.8 Å². The molecule has 5 rings (SSSR count). The van der Waals surface area contributed by atoms with Gasteiger partial charge in [0.2, 0.25) is 0 Å². The van der Waals surface area contributed by atoms with Gasteiger partial charge in [-0.15, -0.1) is 0 Å². The van der Waals surface area contributed by atoms with Crippen molar-refractivity contribution in [3.05, 3.63) is 129 Å². The standard InChI is InChI=1S/C36H44N3O7P/c1-24(2)39(25(3)4)47(7)46-31-23-33(38-22-21-32(40)37-35(38)41)44-34(31)45-36(26-11-9-8-10-12-26,27-13-17-29(42-5)18-14-27)28-15-19-30(43-6)20-16-28/h8-22,24-25,31,33-34H,23H2,1-7H3,(H,37,40,41)/t31-,33+,34+,47?/m0/s1. The average Bonchev–Trinajstić information content (AvgIpc) is 3.44. The Morgan fingerprint density at radius 2 is 1.36 bits per heavy atom. The maximum atomic E-state index is 12.9. The number of hydrogen-bond acceptors (Lipinski definition) is 8. The van der Waals surface area contributed by atoms with Crippen molar-refractivity contribution in [3.8, 4) is 11.5 Å². The molecule has 3 aromatic carbocycles. The topological polar surface area (TPSA) is 104 Å². The number of aromatic amines is 1. The van der Waals surface area contributed by atoms with E-state index in [1.165, 1.54) is 16.8 Å². The second-order valence-electron chi connectivity index (χ2n) is 12.0. The van der Waals surface area contributed by atoms with E-state index in [1.54, 1.807) is 14.2 Å². The number of rotatable bonds is 13. The SMILES string of the molecule is COc1ccc(C(O[C@H]2O[C@@H](n3ccc(=O)[nH]c3=O)C[C@@H]2OP(C)N(C(C)C)C(C)C)(c2ccccc2)c2ccc(OC)cc2)cc1. The third-order valence-corrected chi connectivity index (χ3v) is 10.5. The second kappa shape index (κ2) is 15.0. The Morgan fingerprint density at radius 3 is 1.85 bits per heavy atom. The Hall–Kier alpha value is -3.79. The number of benzene rings is 3. The van der Waals surface area contributed by atoms with E-state index in [2.05, 4.69) is 44.0 Å². The Balaban J connectivity index is 1.66. The van der Waals surface area contributed by atoms with Crippen LogP contribution in [0.25, 0.3) is 0 Å². The maximum Gasteiger partial charge on any atom is 0.330 e. The fourth-order valence-electron chi connectivity index (χ4n) is 6.34. The highest BCUT2D eigenvalue weighted by molar-refractivity contribution is 7.49. The molecule has 1 aliphatic heterocycles. The molecule has 0 bridgehead atoms. The van der Waals surface area contributed by atoms with Crippen LogP contribution in [0.15, 0.2) is 101 Å². The largest absolute Gasteiger partial charge is 0.497 e. The Bertz CT molecular complexity index is 1650. The van der Waals surface area contributed by atoms with E-state index in [0.29, 0.717) is 17.9 Å². The summed E-state index contributed by atoms with van der Waals surface area (Å²) in [6.07, 6.45) is -0.455. The number of ether oxygens (including phenoxy) is 4. The first kappa shape index (κ1) is 34.5. The Morgan fingerprint density at radius 1 is 0.830 bits per heavy atom. The van der Waals surface area contributed by atoms with Crippen molar-refractivity contribution >= 4 is 8.30 Å². The lowest BCUT2D eigenvalue weighted by molar-refractivity contribution is -0.213. The van der Waals surface area contributed by atoms with Gasteiger partial charge in [-0.05, 0) is 75.3 Å². The number of nitrogens with zero attached hydrogens (tertiary/aromatic N) is 2. The highest BCUT2D eigenvalue weighted by Gasteiger charge is 2.48. The molecule has 1 unspecified atom stereocenters. The minimum absolute atomic E-state index is 0.243. The predicted molar refractivity (Wildman–Crippen MR) is 183 cm³/mol. The minimum Gasteiger partial charge on any atom is -0.497 e. The molecule has 10 nitrogen and oxygen atoms in total. The van der Waals surface area contributed by atoms with Gasteiger partial charge in [0.1, 0.15) is 37.7 Å². The van der Waals surface area contributed by atoms with Gasteiger partial charge in [-0.1, -0.05) is 54.6 Å². The molecule has 4 aromatic rings. The number of methoxy groups -OCH3 is 2. The van der Waals surface area contributed by atoms with Crippen LogP contribution < -0.4 is 20.7 Å². The molecule has 2 heterocycles. The van der Waals surface area contributed by atoms with Gasteiger partial charge in [-0.25, -0.2) is 4.79 Å². The highest BCUT2D eigenvalue weighted by Crippen LogP contribution is 2.49. The first-order valence-electron chi connectivity index (χ1n) is 15.8. The Labute approximate surface area is 277 Å². The molecule has 1 N–H and O–H groups in total. The van der Waals surface area contributed by atoms with E-state index >= 15 is 0 Å². The monoisotopic (exact) mass is 661 g/mol. The maximum absolute atomic E-state index is 12.9. The molecule has 1 aromatic heterocycles. The van der Waals surface area contributed by atoms with Gasteiger partial charge < -0.3 is 23.5 Å². The van der Waals surface area contributed by atoms with Crippen molar-refractivity contribution in [2.45, 2.75) is 70.4 Å². The van der Waals surface area contributed by atoms with Crippen LogP contribution in [0.4, 0.5) is 0 Å². The molecule has 1 aliphatic rings. The first-order valence-corrected chi connectivity index (χ1v) is 17.4. The van der Waals surface area contributed by atoms with Crippen LogP contribution >= 0.6 is 8.30 Å². The smallest absolute Gasteiger partial charge is 0.330 e. The van der Waals surface area contributed by atoms with Crippen LogP contribution in [0.1, 0.15) is 57.0 Å². The molecule has 0 spiro atoms. The van der Waals surface area contributed by atoms with Gasteiger partial charge in [0.05, 0.1) is 14.2 Å². The molecule has 0 radical (unpaired) electrons. The summed E-state index contributed by atoms with van der Waals surface area (Å²) in [5.74, 6) is 1.42. The Kier molecular flexibility index (Phi) is 11.0. The van der Waals surface area contributed by atoms with E-state index in [-0.39, 0.29) is 12.1 Å². The second-order valence-corrected chi connectivity index (χ2v) is 13.6. The molecule has 0 amide bonds.